The zero-order valence-electron chi connectivity index (χ0n) is 22.5. The van der Waals surface area contributed by atoms with E-state index >= 15 is 0 Å². The van der Waals surface area contributed by atoms with Crippen LogP contribution in [0.2, 0.25) is 0 Å². The Kier molecular flexibility index (Phi) is 7.93. The van der Waals surface area contributed by atoms with Crippen LogP contribution >= 0.6 is 0 Å². The normalized spacial score (nSPS) is 14.4. The van der Waals surface area contributed by atoms with E-state index in [-0.39, 0.29) is 17.8 Å². The number of anilines is 3. The Balaban J connectivity index is 1.69. The van der Waals surface area contributed by atoms with Crippen molar-refractivity contribution in [3.05, 3.63) is 71.9 Å². The molecule has 4 rings (SSSR count). The molecule has 1 aromatic heterocycles. The summed E-state index contributed by atoms with van der Waals surface area (Å²) in [6.45, 7) is 14.6. The van der Waals surface area contributed by atoms with E-state index in [1.165, 1.54) is 5.69 Å². The second-order valence-corrected chi connectivity index (χ2v) is 10.3. The van der Waals surface area contributed by atoms with Gasteiger partial charge in [-0.15, -0.1) is 0 Å². The van der Waals surface area contributed by atoms with Crippen molar-refractivity contribution in [1.29, 1.82) is 5.41 Å². The summed E-state index contributed by atoms with van der Waals surface area (Å²) in [6.07, 6.45) is 0. The van der Waals surface area contributed by atoms with Gasteiger partial charge in [0, 0.05) is 54.4 Å². The Hall–Kier alpha value is -3.71. The SMILES string of the molecule is CCOC(=O)c1cc(-c2ccc(N3CCN(C(C)(C)C)CC3)cc2)c(C(C)=N)c(Nc2ccccc2)n1. The Labute approximate surface area is 220 Å². The standard InChI is InChI=1S/C30H37N5O2/c1-6-37-29(36)26-20-25(27(21(2)31)28(33-26)32-23-10-8-7-9-11-23)22-12-14-24(15-13-22)34-16-18-35(19-17-34)30(3,4)5/h7-15,20,31H,6,16-19H2,1-5H3,(H,32,33). The van der Waals surface area contributed by atoms with Crippen molar-refractivity contribution in [3.63, 3.8) is 0 Å². The van der Waals surface area contributed by atoms with Gasteiger partial charge in [-0.1, -0.05) is 30.3 Å². The molecule has 0 saturated carbocycles. The maximum absolute atomic E-state index is 12.7. The lowest BCUT2D eigenvalue weighted by molar-refractivity contribution is 0.0519. The lowest BCUT2D eigenvalue weighted by atomic mass is 9.96. The van der Waals surface area contributed by atoms with Gasteiger partial charge in [0.25, 0.3) is 0 Å². The number of nitrogens with zero attached hydrogens (tertiary/aromatic N) is 3. The van der Waals surface area contributed by atoms with Gasteiger partial charge in [0.2, 0.25) is 0 Å². The van der Waals surface area contributed by atoms with Crippen LogP contribution in [-0.4, -0.2) is 59.9 Å². The van der Waals surface area contributed by atoms with Gasteiger partial charge in [-0.3, -0.25) is 4.90 Å². The van der Waals surface area contributed by atoms with Crippen LogP contribution in [0.1, 0.15) is 50.7 Å². The van der Waals surface area contributed by atoms with Gasteiger partial charge in [-0.25, -0.2) is 9.78 Å². The zero-order chi connectivity index (χ0) is 26.6. The number of hydrogen-bond donors (Lipinski definition) is 2. The predicted octanol–water partition coefficient (Wildman–Crippen LogP) is 5.98. The maximum Gasteiger partial charge on any atom is 0.357 e. The molecule has 1 aliphatic heterocycles. The highest BCUT2D eigenvalue weighted by molar-refractivity contribution is 6.08. The van der Waals surface area contributed by atoms with Crippen molar-refractivity contribution in [2.45, 2.75) is 40.2 Å². The number of carbonyl (C=O) groups is 1. The van der Waals surface area contributed by atoms with Crippen molar-refractivity contribution in [2.75, 3.05) is 43.0 Å². The first-order chi connectivity index (χ1) is 17.7. The predicted molar refractivity (Wildman–Crippen MR) is 151 cm³/mol. The topological polar surface area (TPSA) is 81.5 Å². The highest BCUT2D eigenvalue weighted by Crippen LogP contribution is 2.33. The second kappa shape index (κ2) is 11.1. The Morgan fingerprint density at radius 2 is 1.68 bits per heavy atom. The number of nitrogens with one attached hydrogen (secondary N) is 2. The number of benzene rings is 2. The van der Waals surface area contributed by atoms with Crippen LogP contribution in [0.5, 0.6) is 0 Å². The first-order valence-electron chi connectivity index (χ1n) is 12.9. The van der Waals surface area contributed by atoms with E-state index in [4.69, 9.17) is 10.1 Å². The number of aromatic nitrogens is 1. The van der Waals surface area contributed by atoms with Crippen LogP contribution in [0, 0.1) is 5.41 Å². The lowest BCUT2D eigenvalue weighted by Crippen LogP contribution is -2.53. The third-order valence-electron chi connectivity index (χ3n) is 6.69. The summed E-state index contributed by atoms with van der Waals surface area (Å²) in [7, 11) is 0. The molecule has 0 radical (unpaired) electrons. The molecular formula is C30H37N5O2. The number of ether oxygens (including phenoxy) is 1. The zero-order valence-corrected chi connectivity index (χ0v) is 22.5. The smallest absolute Gasteiger partial charge is 0.357 e. The molecule has 37 heavy (non-hydrogen) atoms. The average Bonchev–Trinajstić information content (AvgIpc) is 2.88. The molecule has 0 atom stereocenters. The van der Waals surface area contributed by atoms with Crippen molar-refractivity contribution in [3.8, 4) is 11.1 Å². The highest BCUT2D eigenvalue weighted by atomic mass is 16.5. The molecule has 0 aliphatic carbocycles. The van der Waals surface area contributed by atoms with Gasteiger partial charge in [0.15, 0.2) is 5.69 Å². The fraction of sp³-hybridized carbons (Fsp3) is 0.367. The van der Waals surface area contributed by atoms with E-state index < -0.39 is 5.97 Å². The van der Waals surface area contributed by atoms with Gasteiger partial charge in [0.05, 0.1) is 6.61 Å². The van der Waals surface area contributed by atoms with Gasteiger partial charge in [0.1, 0.15) is 5.82 Å². The Bertz CT molecular complexity index is 1240. The highest BCUT2D eigenvalue weighted by Gasteiger charge is 2.26. The summed E-state index contributed by atoms with van der Waals surface area (Å²) in [6, 6.07) is 19.8. The van der Waals surface area contributed by atoms with E-state index in [0.717, 1.165) is 43.0 Å². The van der Waals surface area contributed by atoms with Crippen LogP contribution in [-0.2, 0) is 4.74 Å². The number of pyridine rings is 1. The largest absolute Gasteiger partial charge is 0.461 e. The van der Waals surface area contributed by atoms with E-state index in [0.29, 0.717) is 17.1 Å². The molecule has 0 unspecified atom stereocenters. The third-order valence-corrected chi connectivity index (χ3v) is 6.69. The number of esters is 1. The number of para-hydroxylation sites is 1. The summed E-state index contributed by atoms with van der Waals surface area (Å²) in [4.78, 5) is 22.2. The Morgan fingerprint density at radius 3 is 2.24 bits per heavy atom. The molecular weight excluding hydrogens is 462 g/mol. The molecule has 2 N–H and O–H groups in total. The second-order valence-electron chi connectivity index (χ2n) is 10.3. The molecule has 1 aliphatic rings. The van der Waals surface area contributed by atoms with Crippen LogP contribution in [0.15, 0.2) is 60.7 Å². The minimum absolute atomic E-state index is 0.181. The molecule has 2 heterocycles. The van der Waals surface area contributed by atoms with E-state index in [9.17, 15) is 4.79 Å². The first-order valence-corrected chi connectivity index (χ1v) is 12.9. The molecule has 0 amide bonds. The molecule has 7 nitrogen and oxygen atoms in total. The minimum Gasteiger partial charge on any atom is -0.461 e. The number of rotatable bonds is 7. The summed E-state index contributed by atoms with van der Waals surface area (Å²) < 4.78 is 5.26. The molecule has 0 spiro atoms. The van der Waals surface area contributed by atoms with Crippen LogP contribution in [0.3, 0.4) is 0 Å². The van der Waals surface area contributed by atoms with Crippen LogP contribution in [0.25, 0.3) is 11.1 Å². The van der Waals surface area contributed by atoms with Gasteiger partial charge in [-0.2, -0.15) is 0 Å². The molecule has 7 heteroatoms. The summed E-state index contributed by atoms with van der Waals surface area (Å²) in [5.41, 5.74) is 5.10. The van der Waals surface area contributed by atoms with Gasteiger partial charge >= 0.3 is 5.97 Å². The summed E-state index contributed by atoms with van der Waals surface area (Å²) in [5, 5.41) is 11.9. The third kappa shape index (κ3) is 6.17. The average molecular weight is 500 g/mol. The quantitative estimate of drug-likeness (QED) is 0.308. The van der Waals surface area contributed by atoms with Crippen LogP contribution < -0.4 is 10.2 Å². The fourth-order valence-electron chi connectivity index (χ4n) is 4.70. The molecule has 2 aromatic carbocycles. The molecule has 1 saturated heterocycles. The van der Waals surface area contributed by atoms with Crippen molar-refractivity contribution in [1.82, 2.24) is 9.88 Å². The summed E-state index contributed by atoms with van der Waals surface area (Å²) in [5.74, 6) is -0.0241. The summed E-state index contributed by atoms with van der Waals surface area (Å²) >= 11 is 0. The molecule has 1 fully saturated rings. The van der Waals surface area contributed by atoms with Crippen molar-refractivity contribution in [2.24, 2.45) is 0 Å². The minimum atomic E-state index is -0.484. The molecule has 194 valence electrons. The number of carbonyl (C=O) groups excluding carboxylic acids is 1. The monoisotopic (exact) mass is 499 g/mol. The van der Waals surface area contributed by atoms with Gasteiger partial charge < -0.3 is 20.4 Å². The molecule has 3 aromatic rings. The van der Waals surface area contributed by atoms with E-state index in [1.807, 2.05) is 30.3 Å². The number of piperazine rings is 1. The van der Waals surface area contributed by atoms with Gasteiger partial charge in [-0.05, 0) is 76.1 Å². The van der Waals surface area contributed by atoms with Crippen molar-refractivity contribution < 1.29 is 9.53 Å². The number of hydrogen-bond acceptors (Lipinski definition) is 7. The lowest BCUT2D eigenvalue weighted by Gasteiger charge is -2.43. The maximum atomic E-state index is 12.7. The Morgan fingerprint density at radius 1 is 1.03 bits per heavy atom. The van der Waals surface area contributed by atoms with Crippen LogP contribution in [0.4, 0.5) is 17.2 Å². The van der Waals surface area contributed by atoms with E-state index in [2.05, 4.69) is 65.1 Å². The van der Waals surface area contributed by atoms with E-state index in [1.54, 1.807) is 19.9 Å². The molecule has 0 bridgehead atoms. The first kappa shape index (κ1) is 26.4. The fourth-order valence-corrected chi connectivity index (χ4v) is 4.70. The van der Waals surface area contributed by atoms with Crippen molar-refractivity contribution >= 4 is 28.9 Å².